The van der Waals surface area contributed by atoms with Crippen LogP contribution in [0.15, 0.2) is 48.0 Å². The van der Waals surface area contributed by atoms with Gasteiger partial charge < -0.3 is 14.2 Å². The van der Waals surface area contributed by atoms with Gasteiger partial charge in [-0.05, 0) is 55.0 Å². The molecule has 0 bridgehead atoms. The zero-order valence-electron chi connectivity index (χ0n) is 16.9. The molecule has 0 aromatic heterocycles. The molecule has 2 aromatic rings. The summed E-state index contributed by atoms with van der Waals surface area (Å²) in [5.41, 5.74) is 0.920. The minimum atomic E-state index is -0.601. The Hall–Kier alpha value is -3.90. The number of methoxy groups -OCH3 is 1. The van der Waals surface area contributed by atoms with Gasteiger partial charge in [-0.1, -0.05) is 12.1 Å². The number of thiocarbonyl (C=S) groups is 1. The summed E-state index contributed by atoms with van der Waals surface area (Å²) in [6.07, 6.45) is 1.44. The summed E-state index contributed by atoms with van der Waals surface area (Å²) in [5, 5.41) is 11.2. The van der Waals surface area contributed by atoms with Crippen molar-refractivity contribution in [3.63, 3.8) is 0 Å². The molecule has 1 N–H and O–H groups in total. The van der Waals surface area contributed by atoms with Crippen molar-refractivity contribution >= 4 is 40.9 Å². The van der Waals surface area contributed by atoms with E-state index in [4.69, 9.17) is 31.7 Å². The van der Waals surface area contributed by atoms with Gasteiger partial charge in [-0.2, -0.15) is 5.26 Å². The normalized spacial score (nSPS) is 14.8. The van der Waals surface area contributed by atoms with Gasteiger partial charge in [-0.3, -0.25) is 19.8 Å². The van der Waals surface area contributed by atoms with E-state index >= 15 is 0 Å². The zero-order chi connectivity index (χ0) is 22.4. The number of hydrogen-bond acceptors (Lipinski definition) is 7. The molecule has 2 amide bonds. The topological polar surface area (TPSA) is 101 Å². The summed E-state index contributed by atoms with van der Waals surface area (Å²) < 4.78 is 16.1. The number of nitrogens with zero attached hydrogens (tertiary/aromatic N) is 2. The number of carbonyl (C=O) groups is 2. The van der Waals surface area contributed by atoms with Gasteiger partial charge >= 0.3 is 0 Å². The Balaban J connectivity index is 1.96. The maximum Gasteiger partial charge on any atom is 0.270 e. The largest absolute Gasteiger partial charge is 0.494 e. The molecule has 0 aliphatic carbocycles. The summed E-state index contributed by atoms with van der Waals surface area (Å²) in [5.74, 6) is 0.157. The molecule has 2 aromatic carbocycles. The molecule has 3 rings (SSSR count). The van der Waals surface area contributed by atoms with E-state index in [1.54, 1.807) is 42.5 Å². The van der Waals surface area contributed by atoms with Crippen LogP contribution in [-0.4, -0.2) is 37.3 Å². The number of rotatable bonds is 7. The van der Waals surface area contributed by atoms with Crippen LogP contribution < -0.4 is 24.4 Å². The van der Waals surface area contributed by atoms with Crippen molar-refractivity contribution < 1.29 is 23.8 Å². The van der Waals surface area contributed by atoms with Crippen molar-refractivity contribution in [1.82, 2.24) is 5.32 Å². The quantitative estimate of drug-likeness (QED) is 0.404. The Kier molecular flexibility index (Phi) is 6.85. The van der Waals surface area contributed by atoms with Crippen LogP contribution in [0.3, 0.4) is 0 Å². The van der Waals surface area contributed by atoms with Gasteiger partial charge in [0, 0.05) is 6.07 Å². The predicted molar refractivity (Wildman–Crippen MR) is 118 cm³/mol. The fourth-order valence-corrected chi connectivity index (χ4v) is 3.22. The van der Waals surface area contributed by atoms with Gasteiger partial charge in [0.15, 0.2) is 23.2 Å². The van der Waals surface area contributed by atoms with Gasteiger partial charge in [-0.15, -0.1) is 0 Å². The van der Waals surface area contributed by atoms with Crippen LogP contribution in [0.25, 0.3) is 6.08 Å². The van der Waals surface area contributed by atoms with Crippen molar-refractivity contribution in [2.24, 2.45) is 0 Å². The van der Waals surface area contributed by atoms with Crippen molar-refractivity contribution in [3.8, 4) is 23.3 Å². The van der Waals surface area contributed by atoms with Gasteiger partial charge in [0.05, 0.1) is 19.4 Å². The van der Waals surface area contributed by atoms with Gasteiger partial charge in [0.1, 0.15) is 17.4 Å². The first-order valence-corrected chi connectivity index (χ1v) is 9.71. The lowest BCUT2D eigenvalue weighted by molar-refractivity contribution is -0.122. The Morgan fingerprint density at radius 1 is 1.16 bits per heavy atom. The van der Waals surface area contributed by atoms with Crippen molar-refractivity contribution in [2.45, 2.75) is 6.92 Å². The number of ether oxygens (including phenoxy) is 3. The molecule has 1 saturated heterocycles. The lowest BCUT2D eigenvalue weighted by Crippen LogP contribution is -2.54. The van der Waals surface area contributed by atoms with E-state index in [1.807, 2.05) is 13.0 Å². The summed E-state index contributed by atoms with van der Waals surface area (Å²) in [6.45, 7) is 2.19. The Morgan fingerprint density at radius 3 is 2.68 bits per heavy atom. The lowest BCUT2D eigenvalue weighted by atomic mass is 10.1. The third kappa shape index (κ3) is 4.82. The molecule has 0 spiro atoms. The van der Waals surface area contributed by atoms with Crippen LogP contribution in [0.4, 0.5) is 5.69 Å². The van der Waals surface area contributed by atoms with Crippen molar-refractivity contribution in [3.05, 3.63) is 53.6 Å². The van der Waals surface area contributed by atoms with E-state index in [1.165, 1.54) is 18.1 Å². The number of nitriles is 1. The second-order valence-corrected chi connectivity index (χ2v) is 6.63. The zero-order valence-corrected chi connectivity index (χ0v) is 17.7. The van der Waals surface area contributed by atoms with E-state index in [0.717, 1.165) is 0 Å². The third-order valence-electron chi connectivity index (χ3n) is 4.28. The van der Waals surface area contributed by atoms with Crippen LogP contribution in [0.2, 0.25) is 0 Å². The number of carbonyl (C=O) groups excluding carboxylic acids is 2. The van der Waals surface area contributed by atoms with Crippen LogP contribution in [0.5, 0.6) is 17.2 Å². The summed E-state index contributed by atoms with van der Waals surface area (Å²) in [6, 6.07) is 13.6. The molecule has 0 atom stereocenters. The monoisotopic (exact) mass is 437 g/mol. The highest BCUT2D eigenvalue weighted by Crippen LogP contribution is 2.30. The Bertz CT molecular complexity index is 1110. The van der Waals surface area contributed by atoms with E-state index in [2.05, 4.69) is 5.32 Å². The van der Waals surface area contributed by atoms with Crippen LogP contribution >= 0.6 is 12.2 Å². The molecule has 8 nitrogen and oxygen atoms in total. The average Bonchev–Trinajstić information content (AvgIpc) is 2.76. The van der Waals surface area contributed by atoms with Crippen molar-refractivity contribution in [1.29, 1.82) is 5.26 Å². The minimum absolute atomic E-state index is 0.0152. The van der Waals surface area contributed by atoms with Gasteiger partial charge in [0.25, 0.3) is 11.8 Å². The van der Waals surface area contributed by atoms with Crippen LogP contribution in [0.1, 0.15) is 12.5 Å². The van der Waals surface area contributed by atoms with Gasteiger partial charge in [0.2, 0.25) is 0 Å². The second kappa shape index (κ2) is 9.73. The lowest BCUT2D eigenvalue weighted by Gasteiger charge is -2.29. The highest BCUT2D eigenvalue weighted by Gasteiger charge is 2.34. The molecule has 0 radical (unpaired) electrons. The fourth-order valence-electron chi connectivity index (χ4n) is 2.94. The van der Waals surface area contributed by atoms with E-state index < -0.39 is 11.8 Å². The molecule has 9 heteroatoms. The SMILES string of the molecule is CCOc1cccc(N2C(=O)/C(=C/c3ccc(OCC#N)c(OC)c3)C(=O)NC2=S)c1. The highest BCUT2D eigenvalue weighted by atomic mass is 32.1. The Labute approximate surface area is 184 Å². The maximum atomic E-state index is 13.2. The van der Waals surface area contributed by atoms with E-state index in [0.29, 0.717) is 35.1 Å². The average molecular weight is 437 g/mol. The van der Waals surface area contributed by atoms with E-state index in [9.17, 15) is 9.59 Å². The van der Waals surface area contributed by atoms with Crippen molar-refractivity contribution in [2.75, 3.05) is 25.2 Å². The van der Waals surface area contributed by atoms with Crippen LogP contribution in [0, 0.1) is 11.3 Å². The highest BCUT2D eigenvalue weighted by molar-refractivity contribution is 7.80. The first kappa shape index (κ1) is 21.8. The number of hydrogen-bond donors (Lipinski definition) is 1. The molecule has 1 aliphatic heterocycles. The third-order valence-corrected chi connectivity index (χ3v) is 4.56. The summed E-state index contributed by atoms with van der Waals surface area (Å²) >= 11 is 5.23. The first-order chi connectivity index (χ1) is 15.0. The number of amides is 2. The first-order valence-electron chi connectivity index (χ1n) is 9.30. The van der Waals surface area contributed by atoms with E-state index in [-0.39, 0.29) is 17.3 Å². The second-order valence-electron chi connectivity index (χ2n) is 6.25. The molecule has 1 aliphatic rings. The Morgan fingerprint density at radius 2 is 1.97 bits per heavy atom. The minimum Gasteiger partial charge on any atom is -0.494 e. The molecule has 31 heavy (non-hydrogen) atoms. The summed E-state index contributed by atoms with van der Waals surface area (Å²) in [4.78, 5) is 26.9. The molecular weight excluding hydrogens is 418 g/mol. The molecule has 0 saturated carbocycles. The van der Waals surface area contributed by atoms with Crippen LogP contribution in [-0.2, 0) is 9.59 Å². The smallest absolute Gasteiger partial charge is 0.270 e. The maximum absolute atomic E-state index is 13.2. The molecule has 158 valence electrons. The molecule has 1 fully saturated rings. The number of anilines is 1. The molecule has 0 unspecified atom stereocenters. The number of benzene rings is 2. The summed E-state index contributed by atoms with van der Waals surface area (Å²) in [7, 11) is 1.45. The molecular formula is C22H19N3O5S. The van der Waals surface area contributed by atoms with Gasteiger partial charge in [-0.25, -0.2) is 0 Å². The predicted octanol–water partition coefficient (Wildman–Crippen LogP) is 2.83. The fraction of sp³-hybridized carbons (Fsp3) is 0.182. The standard InChI is InChI=1S/C22H19N3O5S/c1-3-29-16-6-4-5-15(13-16)25-21(27)17(20(26)24-22(25)31)11-14-7-8-18(30-10-9-23)19(12-14)28-2/h4-8,11-13H,3,10H2,1-2H3,(H,24,26,31)/b17-11+. The number of nitrogens with one attached hydrogen (secondary N) is 1. The molecule has 1 heterocycles.